The molecule has 0 radical (unpaired) electrons. The number of anilines is 1. The minimum Gasteiger partial charge on any atom is -0.477 e. The number of aromatic nitrogens is 2. The highest BCUT2D eigenvalue weighted by atomic mass is 79.9. The van der Waals surface area contributed by atoms with Gasteiger partial charge in [-0.1, -0.05) is 6.92 Å². The molecule has 6 heteroatoms. The lowest BCUT2D eigenvalue weighted by Crippen LogP contribution is -2.07. The van der Waals surface area contributed by atoms with E-state index in [1.165, 1.54) is 0 Å². The monoisotopic (exact) mass is 289 g/mol. The zero-order chi connectivity index (χ0) is 11.8. The van der Waals surface area contributed by atoms with Gasteiger partial charge in [0.15, 0.2) is 0 Å². The van der Waals surface area contributed by atoms with Gasteiger partial charge in [-0.15, -0.1) is 0 Å². The summed E-state index contributed by atoms with van der Waals surface area (Å²) in [5.74, 6) is 1.06. The molecule has 90 valence electrons. The van der Waals surface area contributed by atoms with Crippen molar-refractivity contribution in [2.45, 2.75) is 19.8 Å². The molecule has 0 aliphatic rings. The van der Waals surface area contributed by atoms with Crippen LogP contribution in [0.2, 0.25) is 0 Å². The standard InChI is InChI=1S/C10H16BrN3O2/c1-2-4-12-10-13-7-8(11)9(14-10)16-6-3-5-15/h7,15H,2-6H2,1H3,(H,12,13,14). The summed E-state index contributed by atoms with van der Waals surface area (Å²) >= 11 is 3.31. The van der Waals surface area contributed by atoms with Crippen molar-refractivity contribution < 1.29 is 9.84 Å². The summed E-state index contributed by atoms with van der Waals surface area (Å²) in [6.45, 7) is 3.46. The molecule has 0 saturated carbocycles. The van der Waals surface area contributed by atoms with E-state index in [0.29, 0.717) is 29.3 Å². The minimum absolute atomic E-state index is 0.115. The van der Waals surface area contributed by atoms with E-state index in [1.54, 1.807) is 6.20 Å². The second-order valence-corrected chi connectivity index (χ2v) is 4.05. The Balaban J connectivity index is 2.59. The van der Waals surface area contributed by atoms with Gasteiger partial charge in [0.1, 0.15) is 0 Å². The van der Waals surface area contributed by atoms with Gasteiger partial charge >= 0.3 is 0 Å². The number of halogens is 1. The van der Waals surface area contributed by atoms with Crippen LogP contribution in [0.3, 0.4) is 0 Å². The van der Waals surface area contributed by atoms with Gasteiger partial charge in [0.05, 0.1) is 17.3 Å². The van der Waals surface area contributed by atoms with Gasteiger partial charge in [0, 0.05) is 19.6 Å². The Bertz CT molecular complexity index is 323. The maximum absolute atomic E-state index is 8.65. The number of hydrogen-bond donors (Lipinski definition) is 2. The first kappa shape index (κ1) is 13.2. The highest BCUT2D eigenvalue weighted by molar-refractivity contribution is 9.10. The van der Waals surface area contributed by atoms with Gasteiger partial charge in [-0.05, 0) is 22.4 Å². The molecule has 0 unspecified atom stereocenters. The number of rotatable bonds is 7. The summed E-state index contributed by atoms with van der Waals surface area (Å²) in [6.07, 6.45) is 3.26. The molecule has 0 aliphatic heterocycles. The maximum atomic E-state index is 8.65. The SMILES string of the molecule is CCCNc1ncc(Br)c(OCCCO)n1. The molecule has 0 atom stereocenters. The van der Waals surface area contributed by atoms with Crippen LogP contribution in [0.4, 0.5) is 5.95 Å². The summed E-state index contributed by atoms with van der Waals surface area (Å²) in [5, 5.41) is 11.7. The zero-order valence-corrected chi connectivity index (χ0v) is 10.8. The van der Waals surface area contributed by atoms with Gasteiger partial charge in [0.25, 0.3) is 0 Å². The average molecular weight is 290 g/mol. The minimum atomic E-state index is 0.115. The van der Waals surface area contributed by atoms with Crippen molar-refractivity contribution >= 4 is 21.9 Å². The van der Waals surface area contributed by atoms with E-state index in [0.717, 1.165) is 13.0 Å². The third kappa shape index (κ3) is 4.32. The lowest BCUT2D eigenvalue weighted by atomic mass is 10.5. The van der Waals surface area contributed by atoms with Crippen LogP contribution in [0.25, 0.3) is 0 Å². The van der Waals surface area contributed by atoms with Crippen LogP contribution < -0.4 is 10.1 Å². The number of ether oxygens (including phenoxy) is 1. The van der Waals surface area contributed by atoms with Crippen LogP contribution in [-0.4, -0.2) is 34.8 Å². The predicted molar refractivity (Wildman–Crippen MR) is 65.7 cm³/mol. The van der Waals surface area contributed by atoms with Crippen molar-refractivity contribution in [2.75, 3.05) is 25.1 Å². The van der Waals surface area contributed by atoms with Crippen molar-refractivity contribution in [2.24, 2.45) is 0 Å². The number of nitrogens with one attached hydrogen (secondary N) is 1. The summed E-state index contributed by atoms with van der Waals surface area (Å²) in [5.41, 5.74) is 0. The normalized spacial score (nSPS) is 10.2. The molecular weight excluding hydrogens is 274 g/mol. The van der Waals surface area contributed by atoms with Crippen molar-refractivity contribution in [3.05, 3.63) is 10.7 Å². The van der Waals surface area contributed by atoms with Crippen LogP contribution in [0.1, 0.15) is 19.8 Å². The Morgan fingerprint density at radius 3 is 3.06 bits per heavy atom. The Morgan fingerprint density at radius 1 is 1.56 bits per heavy atom. The van der Waals surface area contributed by atoms with Crippen LogP contribution in [0.5, 0.6) is 5.88 Å². The lowest BCUT2D eigenvalue weighted by Gasteiger charge is -2.08. The van der Waals surface area contributed by atoms with Crippen LogP contribution in [0, 0.1) is 0 Å². The van der Waals surface area contributed by atoms with E-state index in [4.69, 9.17) is 9.84 Å². The van der Waals surface area contributed by atoms with Gasteiger partial charge in [-0.25, -0.2) is 4.98 Å². The number of aliphatic hydroxyl groups is 1. The number of hydrogen-bond acceptors (Lipinski definition) is 5. The zero-order valence-electron chi connectivity index (χ0n) is 9.24. The Kier molecular flexibility index (Phi) is 6.10. The molecule has 0 aromatic carbocycles. The molecule has 0 fully saturated rings. The molecule has 1 aromatic heterocycles. The second-order valence-electron chi connectivity index (χ2n) is 3.20. The largest absolute Gasteiger partial charge is 0.477 e. The van der Waals surface area contributed by atoms with E-state index in [9.17, 15) is 0 Å². The molecular formula is C10H16BrN3O2. The third-order valence-corrected chi connectivity index (χ3v) is 2.33. The van der Waals surface area contributed by atoms with Crippen molar-refractivity contribution in [3.8, 4) is 5.88 Å². The second kappa shape index (κ2) is 7.40. The van der Waals surface area contributed by atoms with E-state index in [-0.39, 0.29) is 6.61 Å². The highest BCUT2D eigenvalue weighted by Crippen LogP contribution is 2.22. The summed E-state index contributed by atoms with van der Waals surface area (Å²) < 4.78 is 6.12. The molecule has 1 rings (SSSR count). The molecule has 0 saturated heterocycles. The van der Waals surface area contributed by atoms with Gasteiger partial charge < -0.3 is 15.2 Å². The molecule has 5 nitrogen and oxygen atoms in total. The average Bonchev–Trinajstić information content (AvgIpc) is 2.30. The Morgan fingerprint density at radius 2 is 2.38 bits per heavy atom. The van der Waals surface area contributed by atoms with Gasteiger partial charge in [-0.2, -0.15) is 4.98 Å². The predicted octanol–water partition coefficient (Wildman–Crippen LogP) is 1.82. The number of aliphatic hydroxyl groups excluding tert-OH is 1. The van der Waals surface area contributed by atoms with Crippen LogP contribution >= 0.6 is 15.9 Å². The maximum Gasteiger partial charge on any atom is 0.232 e. The first-order valence-corrected chi connectivity index (χ1v) is 6.07. The Labute approximate surface area is 103 Å². The quantitative estimate of drug-likeness (QED) is 0.750. The van der Waals surface area contributed by atoms with E-state index < -0.39 is 0 Å². The van der Waals surface area contributed by atoms with Crippen molar-refractivity contribution in [1.29, 1.82) is 0 Å². The molecule has 0 amide bonds. The van der Waals surface area contributed by atoms with E-state index in [1.807, 2.05) is 0 Å². The summed E-state index contributed by atoms with van der Waals surface area (Å²) in [7, 11) is 0. The smallest absolute Gasteiger partial charge is 0.232 e. The number of nitrogens with zero attached hydrogens (tertiary/aromatic N) is 2. The molecule has 0 spiro atoms. The first-order chi connectivity index (χ1) is 7.77. The van der Waals surface area contributed by atoms with Gasteiger partial charge in [0.2, 0.25) is 11.8 Å². The van der Waals surface area contributed by atoms with Crippen LogP contribution in [-0.2, 0) is 0 Å². The lowest BCUT2D eigenvalue weighted by molar-refractivity contribution is 0.228. The molecule has 0 bridgehead atoms. The first-order valence-electron chi connectivity index (χ1n) is 5.28. The molecule has 2 N–H and O–H groups in total. The molecule has 16 heavy (non-hydrogen) atoms. The topological polar surface area (TPSA) is 67.3 Å². The molecule has 1 aromatic rings. The van der Waals surface area contributed by atoms with Gasteiger partial charge in [-0.3, -0.25) is 0 Å². The third-order valence-electron chi connectivity index (χ3n) is 1.79. The summed E-state index contributed by atoms with van der Waals surface area (Å²) in [4.78, 5) is 8.31. The van der Waals surface area contributed by atoms with Crippen molar-refractivity contribution in [3.63, 3.8) is 0 Å². The molecule has 0 aliphatic carbocycles. The summed E-state index contributed by atoms with van der Waals surface area (Å²) in [6, 6.07) is 0. The fraction of sp³-hybridized carbons (Fsp3) is 0.600. The van der Waals surface area contributed by atoms with Crippen LogP contribution in [0.15, 0.2) is 10.7 Å². The molecule has 1 heterocycles. The Hall–Kier alpha value is -0.880. The fourth-order valence-electron chi connectivity index (χ4n) is 1.01. The fourth-order valence-corrected chi connectivity index (χ4v) is 1.31. The highest BCUT2D eigenvalue weighted by Gasteiger charge is 2.05. The van der Waals surface area contributed by atoms with Crippen molar-refractivity contribution in [1.82, 2.24) is 9.97 Å². The van der Waals surface area contributed by atoms with E-state index >= 15 is 0 Å². The van der Waals surface area contributed by atoms with E-state index in [2.05, 4.69) is 38.1 Å².